The lowest BCUT2D eigenvalue weighted by Gasteiger charge is -2.27. The molecule has 0 spiro atoms. The highest BCUT2D eigenvalue weighted by Crippen LogP contribution is 2.30. The van der Waals surface area contributed by atoms with Crippen molar-refractivity contribution in [3.63, 3.8) is 0 Å². The highest BCUT2D eigenvalue weighted by atomic mass is 32.2. The first-order valence-electron chi connectivity index (χ1n) is 8.34. The van der Waals surface area contributed by atoms with Crippen LogP contribution in [0.4, 0.5) is 0 Å². The number of ether oxygens (including phenoxy) is 2. The van der Waals surface area contributed by atoms with Gasteiger partial charge in [0.1, 0.15) is 5.75 Å². The number of amides is 1. The number of hydrogen-bond acceptors (Lipinski definition) is 5. The Morgan fingerprint density at radius 3 is 2.75 bits per heavy atom. The van der Waals surface area contributed by atoms with Gasteiger partial charge in [-0.15, -0.1) is 0 Å². The number of carbonyl (C=O) groups excluding carboxylic acids is 1. The topological polar surface area (TPSA) is 51.1 Å². The summed E-state index contributed by atoms with van der Waals surface area (Å²) in [6, 6.07) is 7.81. The number of aliphatic imine (C=N–C) groups is 1. The van der Waals surface area contributed by atoms with Crippen molar-refractivity contribution >= 4 is 28.9 Å². The van der Waals surface area contributed by atoms with Crippen LogP contribution in [-0.4, -0.2) is 48.9 Å². The van der Waals surface area contributed by atoms with Gasteiger partial charge < -0.3 is 14.4 Å². The van der Waals surface area contributed by atoms with Crippen LogP contribution in [0.1, 0.15) is 25.3 Å². The van der Waals surface area contributed by atoms with Gasteiger partial charge in [0.15, 0.2) is 5.17 Å². The number of benzene rings is 1. The van der Waals surface area contributed by atoms with Gasteiger partial charge in [-0.2, -0.15) is 4.99 Å². The Labute approximate surface area is 146 Å². The summed E-state index contributed by atoms with van der Waals surface area (Å²) in [5.41, 5.74) is 0.979. The molecule has 1 aromatic carbocycles. The minimum absolute atomic E-state index is 0.162. The number of morpholine rings is 1. The third-order valence-corrected chi connectivity index (χ3v) is 4.88. The second kappa shape index (κ2) is 8.35. The Morgan fingerprint density at radius 1 is 1.29 bits per heavy atom. The van der Waals surface area contributed by atoms with Gasteiger partial charge in [-0.1, -0.05) is 25.5 Å². The maximum atomic E-state index is 12.1. The van der Waals surface area contributed by atoms with E-state index in [0.29, 0.717) is 18.1 Å². The largest absolute Gasteiger partial charge is 0.494 e. The van der Waals surface area contributed by atoms with Crippen LogP contribution in [0.5, 0.6) is 5.75 Å². The lowest BCUT2D eigenvalue weighted by Crippen LogP contribution is -2.38. The summed E-state index contributed by atoms with van der Waals surface area (Å²) in [6.07, 6.45) is 4.06. The van der Waals surface area contributed by atoms with Crippen molar-refractivity contribution in [2.45, 2.75) is 19.8 Å². The van der Waals surface area contributed by atoms with Crippen LogP contribution < -0.4 is 4.74 Å². The molecule has 0 unspecified atom stereocenters. The SMILES string of the molecule is CCCCOc1ccc(C=C2SC(N3CCOCC3)=NC2=O)cc1. The van der Waals surface area contributed by atoms with Crippen LogP contribution in [-0.2, 0) is 9.53 Å². The monoisotopic (exact) mass is 346 g/mol. The molecule has 3 rings (SSSR count). The molecule has 0 bridgehead atoms. The lowest BCUT2D eigenvalue weighted by molar-refractivity contribution is -0.113. The number of rotatable bonds is 5. The van der Waals surface area contributed by atoms with E-state index < -0.39 is 0 Å². The highest BCUT2D eigenvalue weighted by Gasteiger charge is 2.26. The zero-order valence-electron chi connectivity index (χ0n) is 13.9. The first-order valence-corrected chi connectivity index (χ1v) is 9.16. The number of nitrogens with zero attached hydrogens (tertiary/aromatic N) is 2. The van der Waals surface area contributed by atoms with E-state index in [0.717, 1.165) is 49.0 Å². The Kier molecular flexibility index (Phi) is 5.93. The van der Waals surface area contributed by atoms with E-state index in [2.05, 4.69) is 16.8 Å². The average molecular weight is 346 g/mol. The third-order valence-electron chi connectivity index (χ3n) is 3.84. The highest BCUT2D eigenvalue weighted by molar-refractivity contribution is 8.18. The van der Waals surface area contributed by atoms with Gasteiger partial charge in [0.2, 0.25) is 0 Å². The molecule has 1 aromatic rings. The second-order valence-corrected chi connectivity index (χ2v) is 6.69. The Balaban J connectivity index is 1.61. The third kappa shape index (κ3) is 4.39. The van der Waals surface area contributed by atoms with Crippen molar-refractivity contribution in [1.82, 2.24) is 4.90 Å². The van der Waals surface area contributed by atoms with Crippen LogP contribution in [0.25, 0.3) is 6.08 Å². The van der Waals surface area contributed by atoms with E-state index in [1.807, 2.05) is 30.3 Å². The van der Waals surface area contributed by atoms with Gasteiger partial charge in [0.25, 0.3) is 5.91 Å². The maximum Gasteiger partial charge on any atom is 0.286 e. The molecule has 0 saturated carbocycles. The summed E-state index contributed by atoms with van der Waals surface area (Å²) in [5, 5.41) is 0.786. The van der Waals surface area contributed by atoms with Crippen molar-refractivity contribution in [3.8, 4) is 5.75 Å². The molecule has 2 aliphatic heterocycles. The lowest BCUT2D eigenvalue weighted by atomic mass is 10.2. The average Bonchev–Trinajstić information content (AvgIpc) is 2.98. The molecule has 1 amide bonds. The predicted molar refractivity (Wildman–Crippen MR) is 97.2 cm³/mol. The summed E-state index contributed by atoms with van der Waals surface area (Å²) >= 11 is 1.44. The van der Waals surface area contributed by atoms with Crippen molar-refractivity contribution in [2.24, 2.45) is 4.99 Å². The summed E-state index contributed by atoms with van der Waals surface area (Å²) in [7, 11) is 0. The Bertz CT molecular complexity index is 634. The van der Waals surface area contributed by atoms with E-state index in [1.54, 1.807) is 0 Å². The smallest absolute Gasteiger partial charge is 0.286 e. The second-order valence-electron chi connectivity index (χ2n) is 5.68. The number of hydrogen-bond donors (Lipinski definition) is 0. The molecule has 6 heteroatoms. The molecule has 1 saturated heterocycles. The molecular weight excluding hydrogens is 324 g/mol. The van der Waals surface area contributed by atoms with Gasteiger partial charge >= 0.3 is 0 Å². The molecule has 128 valence electrons. The van der Waals surface area contributed by atoms with Gasteiger partial charge in [-0.3, -0.25) is 4.79 Å². The van der Waals surface area contributed by atoms with Crippen LogP contribution in [0.2, 0.25) is 0 Å². The fourth-order valence-corrected chi connectivity index (χ4v) is 3.40. The van der Waals surface area contributed by atoms with Gasteiger partial charge in [0.05, 0.1) is 24.7 Å². The molecule has 0 radical (unpaired) electrons. The molecule has 0 aromatic heterocycles. The Morgan fingerprint density at radius 2 is 2.04 bits per heavy atom. The van der Waals surface area contributed by atoms with Gasteiger partial charge in [0, 0.05) is 13.1 Å². The van der Waals surface area contributed by atoms with Crippen molar-refractivity contribution in [1.29, 1.82) is 0 Å². The standard InChI is InChI=1S/C18H22N2O3S/c1-2-3-10-23-15-6-4-14(5-7-15)13-16-17(21)19-18(24-16)20-8-11-22-12-9-20/h4-7,13H,2-3,8-12H2,1H3. The van der Waals surface area contributed by atoms with E-state index in [9.17, 15) is 4.79 Å². The molecular formula is C18H22N2O3S. The molecule has 2 aliphatic rings. The fourth-order valence-electron chi connectivity index (χ4n) is 2.43. The molecule has 0 N–H and O–H groups in total. The molecule has 0 atom stereocenters. The first-order chi connectivity index (χ1) is 11.8. The fraction of sp³-hybridized carbons (Fsp3) is 0.444. The minimum atomic E-state index is -0.162. The number of thioether (sulfide) groups is 1. The maximum absolute atomic E-state index is 12.1. The van der Waals surface area contributed by atoms with Crippen LogP contribution in [0.3, 0.4) is 0 Å². The summed E-state index contributed by atoms with van der Waals surface area (Å²) in [5.74, 6) is 0.700. The van der Waals surface area contributed by atoms with Gasteiger partial charge in [-0.25, -0.2) is 0 Å². The summed E-state index contributed by atoms with van der Waals surface area (Å²) < 4.78 is 11.0. The van der Waals surface area contributed by atoms with E-state index in [-0.39, 0.29) is 5.91 Å². The normalized spacial score (nSPS) is 19.7. The quantitative estimate of drug-likeness (QED) is 0.605. The zero-order chi connectivity index (χ0) is 16.8. The zero-order valence-corrected chi connectivity index (χ0v) is 14.7. The van der Waals surface area contributed by atoms with Crippen molar-refractivity contribution in [2.75, 3.05) is 32.9 Å². The molecule has 0 aliphatic carbocycles. The number of carbonyl (C=O) groups is 1. The summed E-state index contributed by atoms with van der Waals surface area (Å²) in [6.45, 7) is 5.83. The predicted octanol–water partition coefficient (Wildman–Crippen LogP) is 3.17. The molecule has 5 nitrogen and oxygen atoms in total. The van der Waals surface area contributed by atoms with Gasteiger partial charge in [-0.05, 0) is 42.0 Å². The van der Waals surface area contributed by atoms with Crippen molar-refractivity contribution in [3.05, 3.63) is 34.7 Å². The van der Waals surface area contributed by atoms with Crippen LogP contribution in [0, 0.1) is 0 Å². The van der Waals surface area contributed by atoms with E-state index in [4.69, 9.17) is 9.47 Å². The van der Waals surface area contributed by atoms with E-state index in [1.165, 1.54) is 11.8 Å². The van der Waals surface area contributed by atoms with E-state index >= 15 is 0 Å². The molecule has 1 fully saturated rings. The number of amidine groups is 1. The van der Waals surface area contributed by atoms with Crippen LogP contribution in [0.15, 0.2) is 34.2 Å². The minimum Gasteiger partial charge on any atom is -0.494 e. The molecule has 24 heavy (non-hydrogen) atoms. The van der Waals surface area contributed by atoms with Crippen LogP contribution >= 0.6 is 11.8 Å². The van der Waals surface area contributed by atoms with Crippen molar-refractivity contribution < 1.29 is 14.3 Å². The Hall–Kier alpha value is -1.79. The number of unbranched alkanes of at least 4 members (excludes halogenated alkanes) is 1. The summed E-state index contributed by atoms with van der Waals surface area (Å²) in [4.78, 5) is 19.1. The first kappa shape index (κ1) is 17.0. The molecule has 2 heterocycles.